The Kier molecular flexibility index (Phi) is 4.47. The largest absolute Gasteiger partial charge is 0.505 e. The molecule has 0 radical (unpaired) electrons. The van der Waals surface area contributed by atoms with Gasteiger partial charge in [-0.3, -0.25) is 0 Å². The van der Waals surface area contributed by atoms with Gasteiger partial charge >= 0.3 is 29.0 Å². The van der Waals surface area contributed by atoms with Gasteiger partial charge in [-0.05, 0) is 0 Å². The van der Waals surface area contributed by atoms with Gasteiger partial charge in [-0.2, -0.15) is 0 Å². The smallest absolute Gasteiger partial charge is 0.377 e. The van der Waals surface area contributed by atoms with Crippen molar-refractivity contribution in [3.05, 3.63) is 11.5 Å². The topological polar surface area (TPSA) is 107 Å². The van der Waals surface area contributed by atoms with Gasteiger partial charge in [0, 0.05) is 0 Å². The quantitative estimate of drug-likeness (QED) is 0.296. The Hall–Kier alpha value is -0.504. The van der Waals surface area contributed by atoms with E-state index in [1.807, 2.05) is 0 Å². The lowest BCUT2D eigenvalue weighted by molar-refractivity contribution is -0.147. The third-order valence-corrected chi connectivity index (χ3v) is 1.48. The van der Waals surface area contributed by atoms with Gasteiger partial charge in [0.15, 0.2) is 11.9 Å². The number of carbonyl (C=O) groups excluding carboxylic acids is 1. The Bertz CT molecular complexity index is 237. The number of rotatable bonds is 2. The van der Waals surface area contributed by atoms with Crippen molar-refractivity contribution in [2.24, 2.45) is 0 Å². The average molecular weight is 202 g/mol. The minimum absolute atomic E-state index is 0. The number of hydrogen-bond donors (Lipinski definition) is 4. The zero-order valence-corrected chi connectivity index (χ0v) is 5.97. The molecule has 0 spiro atoms. The minimum atomic E-state index is -1.42. The van der Waals surface area contributed by atoms with E-state index < -0.39 is 36.3 Å². The fourth-order valence-corrected chi connectivity index (χ4v) is 0.823. The molecule has 0 aromatic rings. The SMILES string of the molecule is O=C1O[C@H]([C@@H](O)CO)C(O)=C1O.[MgH2]. The molecule has 0 unspecified atom stereocenters. The van der Waals surface area contributed by atoms with E-state index in [9.17, 15) is 4.79 Å². The van der Waals surface area contributed by atoms with E-state index >= 15 is 0 Å². The number of carbonyl (C=O) groups is 1. The second kappa shape index (κ2) is 4.65. The molecule has 72 valence electrons. The highest BCUT2D eigenvalue weighted by molar-refractivity contribution is 5.89. The van der Waals surface area contributed by atoms with Gasteiger partial charge in [0.1, 0.15) is 6.10 Å². The van der Waals surface area contributed by atoms with Crippen molar-refractivity contribution in [3.8, 4) is 0 Å². The molecule has 0 amide bonds. The van der Waals surface area contributed by atoms with Crippen molar-refractivity contribution in [1.29, 1.82) is 0 Å². The second-order valence-electron chi connectivity index (χ2n) is 2.31. The molecule has 1 aliphatic heterocycles. The highest BCUT2D eigenvalue weighted by atomic mass is 24.3. The molecule has 4 N–H and O–H groups in total. The van der Waals surface area contributed by atoms with Gasteiger partial charge in [0.2, 0.25) is 5.76 Å². The first kappa shape index (κ1) is 12.5. The lowest BCUT2D eigenvalue weighted by atomic mass is 10.2. The monoisotopic (exact) mass is 202 g/mol. The fraction of sp³-hybridized carbons (Fsp3) is 0.500. The zero-order valence-electron chi connectivity index (χ0n) is 5.97. The third-order valence-electron chi connectivity index (χ3n) is 1.48. The number of aliphatic hydroxyl groups excluding tert-OH is 4. The van der Waals surface area contributed by atoms with Gasteiger partial charge < -0.3 is 25.2 Å². The highest BCUT2D eigenvalue weighted by Crippen LogP contribution is 2.20. The van der Waals surface area contributed by atoms with Crippen LogP contribution in [-0.4, -0.2) is 68.3 Å². The van der Waals surface area contributed by atoms with Crippen LogP contribution in [0.3, 0.4) is 0 Å². The average Bonchev–Trinajstić information content (AvgIpc) is 2.32. The van der Waals surface area contributed by atoms with Crippen molar-refractivity contribution in [2.75, 3.05) is 6.61 Å². The Morgan fingerprint density at radius 3 is 2.31 bits per heavy atom. The van der Waals surface area contributed by atoms with Crippen molar-refractivity contribution < 1.29 is 30.0 Å². The van der Waals surface area contributed by atoms with Crippen LogP contribution < -0.4 is 0 Å². The summed E-state index contributed by atoms with van der Waals surface area (Å²) in [5.74, 6) is -2.78. The Morgan fingerprint density at radius 1 is 1.46 bits per heavy atom. The van der Waals surface area contributed by atoms with Crippen molar-refractivity contribution >= 4 is 29.0 Å². The van der Waals surface area contributed by atoms with E-state index in [2.05, 4.69) is 4.74 Å². The van der Waals surface area contributed by atoms with Gasteiger partial charge in [-0.1, -0.05) is 0 Å². The van der Waals surface area contributed by atoms with Crippen LogP contribution >= 0.6 is 0 Å². The van der Waals surface area contributed by atoms with E-state index in [-0.39, 0.29) is 23.1 Å². The molecule has 0 aliphatic carbocycles. The molecule has 2 atom stereocenters. The van der Waals surface area contributed by atoms with Gasteiger partial charge in [0.25, 0.3) is 0 Å². The maximum absolute atomic E-state index is 10.5. The van der Waals surface area contributed by atoms with E-state index in [1.165, 1.54) is 0 Å². The summed E-state index contributed by atoms with van der Waals surface area (Å²) in [6.45, 7) is -0.671. The summed E-state index contributed by atoms with van der Waals surface area (Å²) in [5.41, 5.74) is 0. The molecule has 1 aliphatic rings. The Morgan fingerprint density at radius 2 is 2.00 bits per heavy atom. The van der Waals surface area contributed by atoms with Gasteiger partial charge in [-0.15, -0.1) is 0 Å². The molecule has 0 saturated heterocycles. The number of cyclic esters (lactones) is 1. The van der Waals surface area contributed by atoms with Crippen LogP contribution in [0.15, 0.2) is 11.5 Å². The van der Waals surface area contributed by atoms with Crippen LogP contribution in [0.5, 0.6) is 0 Å². The van der Waals surface area contributed by atoms with Crippen molar-refractivity contribution in [2.45, 2.75) is 12.2 Å². The zero-order chi connectivity index (χ0) is 9.30. The predicted octanol–water partition coefficient (Wildman–Crippen LogP) is -2.32. The summed E-state index contributed by atoms with van der Waals surface area (Å²) in [6, 6.07) is 0. The molecular formula is C6H10MgO6. The summed E-state index contributed by atoms with van der Waals surface area (Å²) >= 11 is 0. The number of aliphatic hydroxyl groups is 4. The molecule has 7 heteroatoms. The molecule has 0 saturated carbocycles. The second-order valence-corrected chi connectivity index (χ2v) is 2.31. The third kappa shape index (κ3) is 2.24. The highest BCUT2D eigenvalue weighted by Gasteiger charge is 2.38. The molecular weight excluding hydrogens is 192 g/mol. The van der Waals surface area contributed by atoms with E-state index in [4.69, 9.17) is 20.4 Å². The van der Waals surface area contributed by atoms with Crippen LogP contribution in [0, 0.1) is 0 Å². The standard InChI is InChI=1S/C6H8O6.Mg.2H/c7-1-2(8)5-3(9)4(10)6(11)12-5;;;/h2,5,7-10H,1H2;;;/t2-,5+;;;/m0.../s1. The summed E-state index contributed by atoms with van der Waals surface area (Å²) < 4.78 is 4.32. The Labute approximate surface area is 89.6 Å². The van der Waals surface area contributed by atoms with Crippen LogP contribution in [-0.2, 0) is 9.53 Å². The van der Waals surface area contributed by atoms with Crippen LogP contribution in [0.1, 0.15) is 0 Å². The first-order chi connectivity index (χ1) is 5.57. The summed E-state index contributed by atoms with van der Waals surface area (Å²) in [4.78, 5) is 10.5. The maximum atomic E-state index is 10.5. The van der Waals surface area contributed by atoms with Gasteiger partial charge in [-0.25, -0.2) is 4.79 Å². The number of esters is 1. The lowest BCUT2D eigenvalue weighted by Crippen LogP contribution is -2.31. The Balaban J connectivity index is 0.00000144. The molecule has 0 bridgehead atoms. The summed E-state index contributed by atoms with van der Waals surface area (Å²) in [5, 5.41) is 35.0. The normalized spacial score (nSPS) is 23.8. The fourth-order valence-electron chi connectivity index (χ4n) is 0.823. The molecule has 0 aromatic heterocycles. The molecule has 6 nitrogen and oxygen atoms in total. The number of ether oxygens (including phenoxy) is 1. The molecule has 1 heterocycles. The minimum Gasteiger partial charge on any atom is -0.505 e. The number of hydrogen-bond acceptors (Lipinski definition) is 6. The molecule has 0 aromatic carbocycles. The predicted molar refractivity (Wildman–Crippen MR) is 43.8 cm³/mol. The van der Waals surface area contributed by atoms with Crippen molar-refractivity contribution in [1.82, 2.24) is 0 Å². The first-order valence-corrected chi connectivity index (χ1v) is 3.20. The lowest BCUT2D eigenvalue weighted by Gasteiger charge is -2.13. The van der Waals surface area contributed by atoms with E-state index in [0.29, 0.717) is 0 Å². The van der Waals surface area contributed by atoms with Crippen LogP contribution in [0.4, 0.5) is 0 Å². The van der Waals surface area contributed by atoms with Crippen molar-refractivity contribution in [3.63, 3.8) is 0 Å². The molecule has 13 heavy (non-hydrogen) atoms. The maximum Gasteiger partial charge on any atom is 0.377 e. The van der Waals surface area contributed by atoms with Crippen LogP contribution in [0.25, 0.3) is 0 Å². The summed E-state index contributed by atoms with van der Waals surface area (Å²) in [7, 11) is 0. The van der Waals surface area contributed by atoms with Crippen LogP contribution in [0.2, 0.25) is 0 Å². The van der Waals surface area contributed by atoms with E-state index in [1.54, 1.807) is 0 Å². The first-order valence-electron chi connectivity index (χ1n) is 3.20. The summed E-state index contributed by atoms with van der Waals surface area (Å²) in [6.07, 6.45) is -2.78. The molecule has 1 rings (SSSR count). The van der Waals surface area contributed by atoms with Gasteiger partial charge in [0.05, 0.1) is 6.61 Å². The van der Waals surface area contributed by atoms with E-state index in [0.717, 1.165) is 0 Å². The molecule has 0 fully saturated rings.